The van der Waals surface area contributed by atoms with Crippen LogP contribution in [0, 0.1) is 12.8 Å². The zero-order valence-corrected chi connectivity index (χ0v) is 11.9. The van der Waals surface area contributed by atoms with E-state index in [9.17, 15) is 9.59 Å². The van der Waals surface area contributed by atoms with E-state index in [1.807, 2.05) is 12.3 Å². The molecule has 2 heterocycles. The molecule has 0 spiro atoms. The highest BCUT2D eigenvalue weighted by Crippen LogP contribution is 2.29. The number of anilines is 1. The van der Waals surface area contributed by atoms with Crippen molar-refractivity contribution >= 4 is 28.9 Å². The zero-order valence-electron chi connectivity index (χ0n) is 11.1. The smallest absolute Gasteiger partial charge is 0.350 e. The normalized spacial score (nSPS) is 18.9. The van der Waals surface area contributed by atoms with Gasteiger partial charge in [-0.1, -0.05) is 0 Å². The number of ether oxygens (including phenoxy) is 1. The summed E-state index contributed by atoms with van der Waals surface area (Å²) in [4.78, 5) is 24.3. The Morgan fingerprint density at radius 3 is 2.95 bits per heavy atom. The van der Waals surface area contributed by atoms with Gasteiger partial charge in [0.05, 0.1) is 18.7 Å². The first kappa shape index (κ1) is 14.0. The second-order valence-corrected chi connectivity index (χ2v) is 5.53. The fourth-order valence-electron chi connectivity index (χ4n) is 2.14. The number of rotatable bonds is 3. The van der Waals surface area contributed by atoms with Crippen LogP contribution in [0.4, 0.5) is 5.69 Å². The molecule has 0 aromatic carbocycles. The monoisotopic (exact) mass is 282 g/mol. The first-order valence-electron chi connectivity index (χ1n) is 6.31. The molecule has 0 unspecified atom stereocenters. The minimum Gasteiger partial charge on any atom is -0.465 e. The Labute approximate surface area is 116 Å². The molecule has 19 heavy (non-hydrogen) atoms. The van der Waals surface area contributed by atoms with Gasteiger partial charge >= 0.3 is 5.97 Å². The van der Waals surface area contributed by atoms with Crippen molar-refractivity contribution in [3.8, 4) is 0 Å². The third-order valence-corrected chi connectivity index (χ3v) is 4.34. The number of amides is 1. The molecule has 1 amide bonds. The molecule has 0 saturated carbocycles. The molecule has 2 rings (SSSR count). The Kier molecular flexibility index (Phi) is 4.55. The van der Waals surface area contributed by atoms with E-state index < -0.39 is 5.97 Å². The molecule has 5 nitrogen and oxygen atoms in total. The second-order valence-electron chi connectivity index (χ2n) is 4.65. The lowest BCUT2D eigenvalue weighted by Gasteiger charge is -2.22. The van der Waals surface area contributed by atoms with Crippen molar-refractivity contribution in [1.82, 2.24) is 5.32 Å². The average molecular weight is 282 g/mol. The molecule has 6 heteroatoms. The lowest BCUT2D eigenvalue weighted by Crippen LogP contribution is -2.37. The van der Waals surface area contributed by atoms with Crippen LogP contribution in [0.3, 0.4) is 0 Å². The largest absolute Gasteiger partial charge is 0.465 e. The summed E-state index contributed by atoms with van der Waals surface area (Å²) in [5.41, 5.74) is 1.48. The molecule has 1 atom stereocenters. The van der Waals surface area contributed by atoms with E-state index in [0.717, 1.165) is 24.9 Å². The van der Waals surface area contributed by atoms with Crippen LogP contribution in [0.25, 0.3) is 0 Å². The van der Waals surface area contributed by atoms with Crippen molar-refractivity contribution in [3.05, 3.63) is 15.8 Å². The number of esters is 1. The maximum absolute atomic E-state index is 12.2. The van der Waals surface area contributed by atoms with Crippen molar-refractivity contribution in [2.45, 2.75) is 19.8 Å². The van der Waals surface area contributed by atoms with Crippen LogP contribution in [-0.2, 0) is 9.53 Å². The number of methoxy groups -OCH3 is 1. The van der Waals surface area contributed by atoms with Gasteiger partial charge in [-0.15, -0.1) is 11.3 Å². The quantitative estimate of drug-likeness (QED) is 0.829. The van der Waals surface area contributed by atoms with Gasteiger partial charge in [-0.2, -0.15) is 0 Å². The first-order chi connectivity index (χ1) is 9.13. The molecule has 0 radical (unpaired) electrons. The number of nitrogens with one attached hydrogen (secondary N) is 2. The Morgan fingerprint density at radius 2 is 2.32 bits per heavy atom. The van der Waals surface area contributed by atoms with Gasteiger partial charge in [-0.3, -0.25) is 4.79 Å². The molecule has 2 N–H and O–H groups in total. The molecule has 1 aromatic heterocycles. The molecule has 1 aliphatic heterocycles. The van der Waals surface area contributed by atoms with E-state index in [0.29, 0.717) is 17.1 Å². The molecule has 1 aliphatic rings. The van der Waals surface area contributed by atoms with Crippen molar-refractivity contribution < 1.29 is 14.3 Å². The summed E-state index contributed by atoms with van der Waals surface area (Å²) in [7, 11) is 1.34. The second kappa shape index (κ2) is 6.16. The van der Waals surface area contributed by atoms with Crippen LogP contribution < -0.4 is 10.6 Å². The lowest BCUT2D eigenvalue weighted by molar-refractivity contribution is -0.120. The molecule has 0 bridgehead atoms. The van der Waals surface area contributed by atoms with Crippen molar-refractivity contribution in [2.24, 2.45) is 5.92 Å². The maximum Gasteiger partial charge on any atom is 0.350 e. The topological polar surface area (TPSA) is 67.4 Å². The average Bonchev–Trinajstić information content (AvgIpc) is 2.80. The van der Waals surface area contributed by atoms with Gasteiger partial charge in [0.1, 0.15) is 4.88 Å². The highest BCUT2D eigenvalue weighted by atomic mass is 32.1. The Bertz CT molecular complexity index is 478. The number of hydrogen-bond donors (Lipinski definition) is 2. The van der Waals surface area contributed by atoms with Crippen molar-refractivity contribution in [2.75, 3.05) is 25.5 Å². The van der Waals surface area contributed by atoms with E-state index in [-0.39, 0.29) is 11.8 Å². The summed E-state index contributed by atoms with van der Waals surface area (Å²) < 4.78 is 4.73. The van der Waals surface area contributed by atoms with E-state index in [4.69, 9.17) is 4.74 Å². The number of thiophene rings is 1. The van der Waals surface area contributed by atoms with E-state index in [1.54, 1.807) is 0 Å². The van der Waals surface area contributed by atoms with Gasteiger partial charge in [0, 0.05) is 6.54 Å². The van der Waals surface area contributed by atoms with Crippen LogP contribution in [-0.4, -0.2) is 32.1 Å². The molecule has 1 fully saturated rings. The SMILES string of the molecule is COC(=O)c1scc(C)c1NC(=O)[C@H]1CCCNC1. The lowest BCUT2D eigenvalue weighted by atomic mass is 9.98. The predicted octanol–water partition coefficient (Wildman–Crippen LogP) is 1.78. The first-order valence-corrected chi connectivity index (χ1v) is 7.19. The molecule has 0 aliphatic carbocycles. The summed E-state index contributed by atoms with van der Waals surface area (Å²) in [6.45, 7) is 3.54. The third kappa shape index (κ3) is 3.13. The van der Waals surface area contributed by atoms with E-state index in [1.165, 1.54) is 18.4 Å². The van der Waals surface area contributed by atoms with Crippen LogP contribution in [0.15, 0.2) is 5.38 Å². The number of aryl methyl sites for hydroxylation is 1. The van der Waals surface area contributed by atoms with Crippen molar-refractivity contribution in [1.29, 1.82) is 0 Å². The summed E-state index contributed by atoms with van der Waals surface area (Å²) in [6, 6.07) is 0. The third-order valence-electron chi connectivity index (χ3n) is 3.26. The summed E-state index contributed by atoms with van der Waals surface area (Å²) in [5.74, 6) is -0.465. The van der Waals surface area contributed by atoms with E-state index in [2.05, 4.69) is 10.6 Å². The Balaban J connectivity index is 2.11. The van der Waals surface area contributed by atoms with Crippen LogP contribution in [0.5, 0.6) is 0 Å². The predicted molar refractivity (Wildman–Crippen MR) is 74.6 cm³/mol. The molecular weight excluding hydrogens is 264 g/mol. The Morgan fingerprint density at radius 1 is 1.53 bits per heavy atom. The summed E-state index contributed by atoms with van der Waals surface area (Å²) >= 11 is 1.29. The minimum atomic E-state index is -0.407. The molecule has 1 saturated heterocycles. The highest BCUT2D eigenvalue weighted by molar-refractivity contribution is 7.12. The fourth-order valence-corrected chi connectivity index (χ4v) is 3.07. The molecule has 104 valence electrons. The minimum absolute atomic E-state index is 0.0288. The maximum atomic E-state index is 12.2. The number of carbonyl (C=O) groups is 2. The van der Waals surface area contributed by atoms with Gasteiger partial charge in [-0.05, 0) is 37.3 Å². The van der Waals surface area contributed by atoms with Gasteiger partial charge in [0.15, 0.2) is 0 Å². The van der Waals surface area contributed by atoms with Gasteiger partial charge in [0.25, 0.3) is 0 Å². The zero-order chi connectivity index (χ0) is 13.8. The van der Waals surface area contributed by atoms with Crippen LogP contribution in [0.2, 0.25) is 0 Å². The highest BCUT2D eigenvalue weighted by Gasteiger charge is 2.24. The van der Waals surface area contributed by atoms with Gasteiger partial charge in [-0.25, -0.2) is 4.79 Å². The van der Waals surface area contributed by atoms with Gasteiger partial charge < -0.3 is 15.4 Å². The van der Waals surface area contributed by atoms with E-state index >= 15 is 0 Å². The Hall–Kier alpha value is -1.40. The molecule has 1 aromatic rings. The number of piperidine rings is 1. The number of carbonyl (C=O) groups excluding carboxylic acids is 2. The van der Waals surface area contributed by atoms with Crippen LogP contribution >= 0.6 is 11.3 Å². The van der Waals surface area contributed by atoms with Gasteiger partial charge in [0.2, 0.25) is 5.91 Å². The summed E-state index contributed by atoms with van der Waals surface area (Å²) in [6.07, 6.45) is 1.89. The number of hydrogen-bond acceptors (Lipinski definition) is 5. The molecular formula is C13H18N2O3S. The standard InChI is InChI=1S/C13H18N2O3S/c1-8-7-19-11(13(17)18-2)10(8)15-12(16)9-4-3-5-14-6-9/h7,9,14H,3-6H2,1-2H3,(H,15,16)/t9-/m0/s1. The fraction of sp³-hybridized carbons (Fsp3) is 0.538. The summed E-state index contributed by atoms with van der Waals surface area (Å²) in [5, 5.41) is 7.93. The van der Waals surface area contributed by atoms with Crippen LogP contribution in [0.1, 0.15) is 28.1 Å². The van der Waals surface area contributed by atoms with Crippen molar-refractivity contribution in [3.63, 3.8) is 0 Å².